The molecule has 76 valence electrons. The van der Waals surface area contributed by atoms with Crippen molar-refractivity contribution >= 4 is 14.4 Å². The molecule has 1 nitrogen and oxygen atoms in total. The van der Waals surface area contributed by atoms with Gasteiger partial charge in [-0.05, 0) is 5.92 Å². The van der Waals surface area contributed by atoms with E-state index in [1.807, 2.05) is 0 Å². The average Bonchev–Trinajstić information content (AvgIpc) is 2.10. The molecule has 0 unspecified atom stereocenters. The minimum atomic E-state index is -0.823. The van der Waals surface area contributed by atoms with Crippen molar-refractivity contribution in [2.45, 2.75) is 57.3 Å². The van der Waals surface area contributed by atoms with Crippen LogP contribution in [0.5, 0.6) is 0 Å². The molecule has 0 atom stereocenters. The van der Waals surface area contributed by atoms with E-state index in [0.717, 1.165) is 18.6 Å². The second-order valence-electron chi connectivity index (χ2n) is 4.91. The van der Waals surface area contributed by atoms with Gasteiger partial charge in [0.15, 0.2) is 0 Å². The van der Waals surface area contributed by atoms with E-state index >= 15 is 0 Å². The van der Waals surface area contributed by atoms with E-state index in [1.165, 1.54) is 37.4 Å². The minimum absolute atomic E-state index is 0.731. The third-order valence-corrected chi connectivity index (χ3v) is 8.29. The van der Waals surface area contributed by atoms with Crippen molar-refractivity contribution in [3.05, 3.63) is 0 Å². The maximum atomic E-state index is 10.4. The van der Waals surface area contributed by atoms with Crippen LogP contribution in [-0.2, 0) is 4.79 Å². The molecule has 1 saturated heterocycles. The summed E-state index contributed by atoms with van der Waals surface area (Å²) in [6.45, 7) is 4.85. The lowest BCUT2D eigenvalue weighted by molar-refractivity contribution is -0.108. The maximum absolute atomic E-state index is 10.4. The summed E-state index contributed by atoms with van der Waals surface area (Å²) in [6.07, 6.45) is 5.95. The number of carbonyl (C=O) groups is 1. The third-order valence-electron chi connectivity index (χ3n) is 3.60. The molecule has 13 heavy (non-hydrogen) atoms. The van der Waals surface area contributed by atoms with Crippen LogP contribution in [0.25, 0.3) is 0 Å². The highest BCUT2D eigenvalue weighted by molar-refractivity contribution is 6.78. The molecule has 0 radical (unpaired) electrons. The molecule has 0 aromatic rings. The monoisotopic (exact) mass is 198 g/mol. The minimum Gasteiger partial charge on any atom is -0.303 e. The quantitative estimate of drug-likeness (QED) is 0.499. The summed E-state index contributed by atoms with van der Waals surface area (Å²) in [4.78, 5) is 10.4. The number of rotatable bonds is 4. The molecule has 1 aliphatic heterocycles. The summed E-state index contributed by atoms with van der Waals surface area (Å²) in [5, 5.41) is 0. The van der Waals surface area contributed by atoms with Crippen molar-refractivity contribution < 1.29 is 4.79 Å². The fourth-order valence-electron chi connectivity index (χ4n) is 2.60. The van der Waals surface area contributed by atoms with Crippen molar-refractivity contribution in [1.29, 1.82) is 0 Å². The predicted octanol–water partition coefficient (Wildman–Crippen LogP) is 3.47. The fraction of sp³-hybridized carbons (Fsp3) is 0.909. The Morgan fingerprint density at radius 2 is 2.00 bits per heavy atom. The summed E-state index contributed by atoms with van der Waals surface area (Å²) in [7, 11) is -0.823. The first-order valence-corrected chi connectivity index (χ1v) is 8.76. The molecule has 2 heteroatoms. The van der Waals surface area contributed by atoms with Gasteiger partial charge in [-0.2, -0.15) is 0 Å². The van der Waals surface area contributed by atoms with Gasteiger partial charge in [-0.3, -0.25) is 0 Å². The van der Waals surface area contributed by atoms with E-state index in [4.69, 9.17) is 0 Å². The molecular formula is C11H22OSi. The molecule has 1 rings (SSSR count). The second kappa shape index (κ2) is 4.94. The van der Waals surface area contributed by atoms with Crippen molar-refractivity contribution in [2.75, 3.05) is 0 Å². The number of hydrogen-bond donors (Lipinski definition) is 0. The molecule has 1 fully saturated rings. The van der Waals surface area contributed by atoms with E-state index in [2.05, 4.69) is 13.5 Å². The van der Waals surface area contributed by atoms with Crippen LogP contribution in [0, 0.1) is 5.92 Å². The molecule has 0 N–H and O–H groups in total. The van der Waals surface area contributed by atoms with Gasteiger partial charge in [0.2, 0.25) is 0 Å². The Hall–Kier alpha value is -0.113. The van der Waals surface area contributed by atoms with Gasteiger partial charge < -0.3 is 4.79 Å². The third kappa shape index (κ3) is 3.26. The topological polar surface area (TPSA) is 17.1 Å². The summed E-state index contributed by atoms with van der Waals surface area (Å²) in [6, 6.07) is 4.44. The number of carbonyl (C=O) groups excluding carboxylic acids is 1. The Morgan fingerprint density at radius 1 is 1.38 bits per heavy atom. The smallest absolute Gasteiger partial charge is 0.120 e. The van der Waals surface area contributed by atoms with E-state index in [-0.39, 0.29) is 0 Å². The molecular weight excluding hydrogens is 176 g/mol. The average molecular weight is 198 g/mol. The number of aldehydes is 1. The Kier molecular flexibility index (Phi) is 4.17. The van der Waals surface area contributed by atoms with Gasteiger partial charge in [0.25, 0.3) is 0 Å². The summed E-state index contributed by atoms with van der Waals surface area (Å²) >= 11 is 0. The zero-order chi connectivity index (χ0) is 9.73. The molecule has 0 aromatic carbocycles. The lowest BCUT2D eigenvalue weighted by Gasteiger charge is -2.35. The van der Waals surface area contributed by atoms with Crippen LogP contribution in [0.2, 0.25) is 24.7 Å². The molecule has 0 spiro atoms. The lowest BCUT2D eigenvalue weighted by Crippen LogP contribution is -2.34. The fourth-order valence-corrected chi connectivity index (χ4v) is 6.77. The van der Waals surface area contributed by atoms with Gasteiger partial charge >= 0.3 is 0 Å². The van der Waals surface area contributed by atoms with Crippen molar-refractivity contribution in [3.63, 3.8) is 0 Å². The van der Waals surface area contributed by atoms with Crippen molar-refractivity contribution in [1.82, 2.24) is 0 Å². The maximum Gasteiger partial charge on any atom is 0.120 e. The molecule has 0 saturated carbocycles. The standard InChI is InChI=1S/C11H22OSi/c1-3-8-13(2)9-5-11(4-7-12)6-10-13/h7,11H,3-6,8-10H2,1-2H3. The van der Waals surface area contributed by atoms with Crippen LogP contribution < -0.4 is 0 Å². The summed E-state index contributed by atoms with van der Waals surface area (Å²) in [5.74, 6) is 0.731. The highest BCUT2D eigenvalue weighted by Gasteiger charge is 2.31. The molecule has 0 amide bonds. The second-order valence-corrected chi connectivity index (χ2v) is 10.0. The van der Waals surface area contributed by atoms with Crippen LogP contribution in [-0.4, -0.2) is 14.4 Å². The zero-order valence-electron chi connectivity index (χ0n) is 9.01. The van der Waals surface area contributed by atoms with Gasteiger partial charge in [-0.25, -0.2) is 0 Å². The Morgan fingerprint density at radius 3 is 2.46 bits per heavy atom. The van der Waals surface area contributed by atoms with Crippen LogP contribution in [0.3, 0.4) is 0 Å². The number of hydrogen-bond acceptors (Lipinski definition) is 1. The molecule has 0 aromatic heterocycles. The molecule has 1 heterocycles. The molecule has 1 aliphatic rings. The van der Waals surface area contributed by atoms with Crippen molar-refractivity contribution in [2.24, 2.45) is 5.92 Å². The highest BCUT2D eigenvalue weighted by atomic mass is 28.3. The van der Waals surface area contributed by atoms with Crippen LogP contribution in [0.15, 0.2) is 0 Å². The first-order valence-electron chi connectivity index (χ1n) is 5.64. The Bertz CT molecular complexity index is 159. The molecule has 0 bridgehead atoms. The van der Waals surface area contributed by atoms with Gasteiger partial charge in [0.05, 0.1) is 8.07 Å². The van der Waals surface area contributed by atoms with Crippen molar-refractivity contribution in [3.8, 4) is 0 Å². The summed E-state index contributed by atoms with van der Waals surface area (Å²) < 4.78 is 0. The van der Waals surface area contributed by atoms with Crippen LogP contribution >= 0.6 is 0 Å². The highest BCUT2D eigenvalue weighted by Crippen LogP contribution is 2.36. The van der Waals surface area contributed by atoms with E-state index < -0.39 is 8.07 Å². The first-order chi connectivity index (χ1) is 6.20. The molecule has 0 aliphatic carbocycles. The SMILES string of the molecule is CCC[Si]1(C)CCC(CC=O)CC1. The van der Waals surface area contributed by atoms with Crippen LogP contribution in [0.1, 0.15) is 32.6 Å². The van der Waals surface area contributed by atoms with E-state index in [9.17, 15) is 4.79 Å². The Labute approximate surface area is 82.9 Å². The van der Waals surface area contributed by atoms with E-state index in [1.54, 1.807) is 0 Å². The normalized spacial score (nSPS) is 34.5. The van der Waals surface area contributed by atoms with Gasteiger partial charge in [-0.15, -0.1) is 0 Å². The van der Waals surface area contributed by atoms with E-state index in [0.29, 0.717) is 0 Å². The Balaban J connectivity index is 2.32. The first kappa shape index (κ1) is 11.0. The van der Waals surface area contributed by atoms with Crippen LogP contribution in [0.4, 0.5) is 0 Å². The van der Waals surface area contributed by atoms with Gasteiger partial charge in [0.1, 0.15) is 6.29 Å². The largest absolute Gasteiger partial charge is 0.303 e. The summed E-state index contributed by atoms with van der Waals surface area (Å²) in [5.41, 5.74) is 0. The van der Waals surface area contributed by atoms with Gasteiger partial charge in [0, 0.05) is 6.42 Å². The predicted molar refractivity (Wildman–Crippen MR) is 59.7 cm³/mol. The zero-order valence-corrected chi connectivity index (χ0v) is 10.0. The van der Waals surface area contributed by atoms with Gasteiger partial charge in [-0.1, -0.05) is 50.9 Å². The lowest BCUT2D eigenvalue weighted by atomic mass is 10.00.